The Morgan fingerprint density at radius 3 is 3.00 bits per heavy atom. The van der Waals surface area contributed by atoms with E-state index in [1.807, 2.05) is 32.0 Å². The molecule has 1 fully saturated rings. The van der Waals surface area contributed by atoms with Crippen molar-refractivity contribution >= 4 is 11.8 Å². The highest BCUT2D eigenvalue weighted by Gasteiger charge is 2.22. The number of rotatable bonds is 4. The molecule has 0 aliphatic carbocycles. The molecule has 114 valence electrons. The van der Waals surface area contributed by atoms with Gasteiger partial charge < -0.3 is 15.4 Å². The number of benzene rings is 1. The molecule has 1 heterocycles. The molecule has 1 atom stereocenters. The van der Waals surface area contributed by atoms with Crippen molar-refractivity contribution in [3.05, 3.63) is 29.3 Å². The lowest BCUT2D eigenvalue weighted by molar-refractivity contribution is -0.129. The van der Waals surface area contributed by atoms with Crippen molar-refractivity contribution in [2.24, 2.45) is 0 Å². The third-order valence-corrected chi connectivity index (χ3v) is 3.57. The first-order valence-corrected chi connectivity index (χ1v) is 7.33. The third kappa shape index (κ3) is 4.48. The molecule has 1 aromatic carbocycles. The molecule has 2 rings (SSSR count). The van der Waals surface area contributed by atoms with Crippen LogP contribution in [0.3, 0.4) is 0 Å². The highest BCUT2D eigenvalue weighted by Crippen LogP contribution is 2.18. The van der Waals surface area contributed by atoms with Gasteiger partial charge in [-0.05, 0) is 50.3 Å². The zero-order valence-corrected chi connectivity index (χ0v) is 12.6. The number of hydrogen-bond donors (Lipinski definition) is 2. The molecular weight excluding hydrogens is 268 g/mol. The van der Waals surface area contributed by atoms with Crippen molar-refractivity contribution in [2.45, 2.75) is 39.2 Å². The molecule has 0 spiro atoms. The average Bonchev–Trinajstić information content (AvgIpc) is 2.65. The molecule has 0 bridgehead atoms. The summed E-state index contributed by atoms with van der Waals surface area (Å²) in [5, 5.41) is 5.53. The van der Waals surface area contributed by atoms with Gasteiger partial charge in [0.15, 0.2) is 6.61 Å². The van der Waals surface area contributed by atoms with Crippen LogP contribution in [0, 0.1) is 13.8 Å². The first-order valence-electron chi connectivity index (χ1n) is 7.33. The van der Waals surface area contributed by atoms with E-state index in [0.717, 1.165) is 24.0 Å². The van der Waals surface area contributed by atoms with Crippen LogP contribution in [-0.2, 0) is 9.59 Å². The number of amides is 2. The summed E-state index contributed by atoms with van der Waals surface area (Å²) in [6.07, 6.45) is 2.57. The van der Waals surface area contributed by atoms with Gasteiger partial charge in [-0.2, -0.15) is 0 Å². The number of carbonyl (C=O) groups excluding carboxylic acids is 2. The van der Waals surface area contributed by atoms with E-state index in [2.05, 4.69) is 10.6 Å². The Kier molecular flexibility index (Phi) is 5.20. The fourth-order valence-electron chi connectivity index (χ4n) is 2.32. The topological polar surface area (TPSA) is 67.4 Å². The minimum absolute atomic E-state index is 0.0753. The van der Waals surface area contributed by atoms with Crippen LogP contribution >= 0.6 is 0 Å². The standard InChI is InChI=1S/C16H22N2O3/c1-11-6-7-12(2)14(9-11)21-10-15(19)18-13-5-3-4-8-17-16(13)20/h6-7,9,13H,3-5,8,10H2,1-2H3,(H,17,20)(H,18,19). The fraction of sp³-hybridized carbons (Fsp3) is 0.500. The minimum Gasteiger partial charge on any atom is -0.483 e. The molecule has 1 unspecified atom stereocenters. The van der Waals surface area contributed by atoms with Gasteiger partial charge in [-0.3, -0.25) is 9.59 Å². The maximum atomic E-state index is 11.9. The van der Waals surface area contributed by atoms with Gasteiger partial charge in [0, 0.05) is 6.54 Å². The number of nitrogens with one attached hydrogen (secondary N) is 2. The molecule has 0 saturated carbocycles. The SMILES string of the molecule is Cc1ccc(C)c(OCC(=O)NC2CCCCNC2=O)c1. The monoisotopic (exact) mass is 290 g/mol. The second-order valence-corrected chi connectivity index (χ2v) is 5.46. The van der Waals surface area contributed by atoms with Crippen LogP contribution in [-0.4, -0.2) is 31.0 Å². The minimum atomic E-state index is -0.442. The van der Waals surface area contributed by atoms with E-state index in [0.29, 0.717) is 18.7 Å². The highest BCUT2D eigenvalue weighted by atomic mass is 16.5. The summed E-state index contributed by atoms with van der Waals surface area (Å²) < 4.78 is 5.54. The van der Waals surface area contributed by atoms with Crippen molar-refractivity contribution in [1.29, 1.82) is 0 Å². The molecule has 5 nitrogen and oxygen atoms in total. The molecule has 1 saturated heterocycles. The van der Waals surface area contributed by atoms with Gasteiger partial charge in [0.25, 0.3) is 5.91 Å². The summed E-state index contributed by atoms with van der Waals surface area (Å²) in [6, 6.07) is 5.42. The predicted molar refractivity (Wildman–Crippen MR) is 80.2 cm³/mol. The van der Waals surface area contributed by atoms with Gasteiger partial charge in [-0.15, -0.1) is 0 Å². The summed E-state index contributed by atoms with van der Waals surface area (Å²) >= 11 is 0. The van der Waals surface area contributed by atoms with Gasteiger partial charge in [-0.25, -0.2) is 0 Å². The van der Waals surface area contributed by atoms with Crippen molar-refractivity contribution in [1.82, 2.24) is 10.6 Å². The second kappa shape index (κ2) is 7.11. The summed E-state index contributed by atoms with van der Waals surface area (Å²) in [4.78, 5) is 23.7. The third-order valence-electron chi connectivity index (χ3n) is 3.57. The van der Waals surface area contributed by atoms with Crippen molar-refractivity contribution < 1.29 is 14.3 Å². The lowest BCUT2D eigenvalue weighted by atomic mass is 10.1. The van der Waals surface area contributed by atoms with Gasteiger partial charge in [0.2, 0.25) is 5.91 Å². The molecule has 1 aromatic rings. The van der Waals surface area contributed by atoms with Crippen molar-refractivity contribution in [3.8, 4) is 5.75 Å². The smallest absolute Gasteiger partial charge is 0.258 e. The molecule has 1 aliphatic heterocycles. The summed E-state index contributed by atoms with van der Waals surface area (Å²) in [5.41, 5.74) is 2.07. The molecule has 0 radical (unpaired) electrons. The van der Waals surface area contributed by atoms with Crippen LogP contribution < -0.4 is 15.4 Å². The number of hydrogen-bond acceptors (Lipinski definition) is 3. The van der Waals surface area contributed by atoms with E-state index in [-0.39, 0.29) is 18.4 Å². The van der Waals surface area contributed by atoms with Crippen LogP contribution in [0.5, 0.6) is 5.75 Å². The lowest BCUT2D eigenvalue weighted by Gasteiger charge is -2.16. The van der Waals surface area contributed by atoms with Crippen LogP contribution in [0.2, 0.25) is 0 Å². The summed E-state index contributed by atoms with van der Waals surface area (Å²) in [6.45, 7) is 4.52. The molecular formula is C16H22N2O3. The fourth-order valence-corrected chi connectivity index (χ4v) is 2.32. The molecule has 1 aliphatic rings. The average molecular weight is 290 g/mol. The Balaban J connectivity index is 1.86. The van der Waals surface area contributed by atoms with E-state index in [4.69, 9.17) is 4.74 Å². The van der Waals surface area contributed by atoms with Gasteiger partial charge in [0.1, 0.15) is 11.8 Å². The molecule has 5 heteroatoms. The zero-order valence-electron chi connectivity index (χ0n) is 12.6. The Morgan fingerprint density at radius 2 is 2.19 bits per heavy atom. The first-order chi connectivity index (χ1) is 10.1. The van der Waals surface area contributed by atoms with E-state index in [1.54, 1.807) is 0 Å². The highest BCUT2D eigenvalue weighted by molar-refractivity contribution is 5.88. The largest absolute Gasteiger partial charge is 0.483 e. The molecule has 2 N–H and O–H groups in total. The quantitative estimate of drug-likeness (QED) is 0.882. The van der Waals surface area contributed by atoms with Crippen LogP contribution in [0.1, 0.15) is 30.4 Å². The summed E-state index contributed by atoms with van der Waals surface area (Å²) in [5.74, 6) is 0.334. The lowest BCUT2D eigenvalue weighted by Crippen LogP contribution is -2.46. The Labute approximate surface area is 125 Å². The van der Waals surface area contributed by atoms with E-state index in [1.165, 1.54) is 0 Å². The maximum Gasteiger partial charge on any atom is 0.258 e. The zero-order chi connectivity index (χ0) is 15.2. The number of carbonyl (C=O) groups is 2. The van der Waals surface area contributed by atoms with Crippen LogP contribution in [0.15, 0.2) is 18.2 Å². The van der Waals surface area contributed by atoms with Crippen LogP contribution in [0.4, 0.5) is 0 Å². The number of aryl methyl sites for hydroxylation is 2. The first kappa shape index (κ1) is 15.4. The van der Waals surface area contributed by atoms with Gasteiger partial charge in [0.05, 0.1) is 0 Å². The van der Waals surface area contributed by atoms with E-state index >= 15 is 0 Å². The summed E-state index contributed by atoms with van der Waals surface area (Å²) in [7, 11) is 0. The van der Waals surface area contributed by atoms with Crippen LogP contribution in [0.25, 0.3) is 0 Å². The van der Waals surface area contributed by atoms with E-state index < -0.39 is 6.04 Å². The second-order valence-electron chi connectivity index (χ2n) is 5.46. The maximum absolute atomic E-state index is 11.9. The van der Waals surface area contributed by atoms with Gasteiger partial charge in [-0.1, -0.05) is 12.1 Å². The molecule has 2 amide bonds. The Bertz CT molecular complexity index is 528. The molecule has 21 heavy (non-hydrogen) atoms. The van der Waals surface area contributed by atoms with Crippen molar-refractivity contribution in [2.75, 3.05) is 13.2 Å². The Hall–Kier alpha value is -2.04. The number of ether oxygens (including phenoxy) is 1. The predicted octanol–water partition coefficient (Wildman–Crippen LogP) is 1.47. The normalized spacial score (nSPS) is 18.6. The van der Waals surface area contributed by atoms with Gasteiger partial charge >= 0.3 is 0 Å². The van der Waals surface area contributed by atoms with Crippen molar-refractivity contribution in [3.63, 3.8) is 0 Å². The van der Waals surface area contributed by atoms with E-state index in [9.17, 15) is 9.59 Å². The molecule has 0 aromatic heterocycles. The Morgan fingerprint density at radius 1 is 1.38 bits per heavy atom.